The van der Waals surface area contributed by atoms with Crippen LogP contribution in [0.2, 0.25) is 0 Å². The van der Waals surface area contributed by atoms with Crippen LogP contribution in [0.5, 0.6) is 5.75 Å². The van der Waals surface area contributed by atoms with Crippen molar-refractivity contribution in [2.75, 3.05) is 30.9 Å². The van der Waals surface area contributed by atoms with Crippen LogP contribution in [-0.4, -0.2) is 36.6 Å². The smallest absolute Gasteiger partial charge is 0.276 e. The maximum atomic E-state index is 12.7. The first-order valence-corrected chi connectivity index (χ1v) is 8.70. The van der Waals surface area contributed by atoms with Crippen molar-refractivity contribution in [1.82, 2.24) is 9.97 Å². The van der Waals surface area contributed by atoms with Crippen LogP contribution in [0, 0.1) is 0 Å². The van der Waals surface area contributed by atoms with Crippen molar-refractivity contribution in [1.29, 1.82) is 0 Å². The van der Waals surface area contributed by atoms with Crippen LogP contribution in [-0.2, 0) is 6.42 Å². The Kier molecular flexibility index (Phi) is 5.99. The topological polar surface area (TPSA) is 67.3 Å². The van der Waals surface area contributed by atoms with Crippen molar-refractivity contribution in [2.45, 2.75) is 6.42 Å². The summed E-state index contributed by atoms with van der Waals surface area (Å²) < 4.78 is 5.36. The molecule has 6 heteroatoms. The van der Waals surface area contributed by atoms with Gasteiger partial charge in [0.2, 0.25) is 0 Å². The molecule has 0 aliphatic rings. The van der Waals surface area contributed by atoms with Gasteiger partial charge in [-0.1, -0.05) is 36.4 Å². The van der Waals surface area contributed by atoms with E-state index in [0.717, 1.165) is 23.4 Å². The Bertz CT molecular complexity index is 899. The Balaban J connectivity index is 1.64. The van der Waals surface area contributed by atoms with Crippen LogP contribution in [0.4, 0.5) is 11.5 Å². The van der Waals surface area contributed by atoms with E-state index < -0.39 is 0 Å². The zero-order valence-corrected chi connectivity index (χ0v) is 15.4. The highest BCUT2D eigenvalue weighted by Crippen LogP contribution is 2.18. The highest BCUT2D eigenvalue weighted by molar-refractivity contribution is 6.04. The zero-order valence-electron chi connectivity index (χ0n) is 15.4. The van der Waals surface area contributed by atoms with Crippen molar-refractivity contribution in [3.05, 3.63) is 78.2 Å². The van der Waals surface area contributed by atoms with E-state index in [1.807, 2.05) is 54.6 Å². The summed E-state index contributed by atoms with van der Waals surface area (Å²) in [5.41, 5.74) is 2.27. The fourth-order valence-electron chi connectivity index (χ4n) is 2.75. The van der Waals surface area contributed by atoms with Crippen LogP contribution in [0.1, 0.15) is 16.1 Å². The number of hydrogen-bond donors (Lipinski definition) is 1. The minimum Gasteiger partial charge on any atom is -0.496 e. The highest BCUT2D eigenvalue weighted by atomic mass is 16.5. The molecular formula is C21H22N4O2. The van der Waals surface area contributed by atoms with Gasteiger partial charge in [-0.25, -0.2) is 9.97 Å². The molecule has 0 saturated carbocycles. The lowest BCUT2D eigenvalue weighted by Crippen LogP contribution is -2.27. The number of nitrogens with zero attached hydrogens (tertiary/aromatic N) is 3. The second-order valence-electron chi connectivity index (χ2n) is 5.98. The Hall–Kier alpha value is -3.41. The van der Waals surface area contributed by atoms with Crippen molar-refractivity contribution in [3.63, 3.8) is 0 Å². The van der Waals surface area contributed by atoms with Crippen molar-refractivity contribution < 1.29 is 9.53 Å². The summed E-state index contributed by atoms with van der Waals surface area (Å²) in [6.07, 6.45) is 2.18. The van der Waals surface area contributed by atoms with E-state index in [1.54, 1.807) is 25.1 Å². The molecule has 1 heterocycles. The van der Waals surface area contributed by atoms with Gasteiger partial charge in [-0.15, -0.1) is 0 Å². The number of anilines is 2. The number of methoxy groups -OCH3 is 1. The molecule has 2 aromatic carbocycles. The minimum atomic E-state index is -0.184. The normalized spacial score (nSPS) is 10.3. The number of carbonyl (C=O) groups excluding carboxylic acids is 1. The number of rotatable bonds is 7. The van der Waals surface area contributed by atoms with Gasteiger partial charge in [0.25, 0.3) is 5.91 Å². The standard InChI is InChI=1S/C21H22N4O2/c1-25(17-9-4-3-5-10-17)21(26)18-14-20(24-15-23-18)22-13-12-16-8-6-7-11-19(16)27-2/h3-11,14-15H,12-13H2,1-2H3,(H,22,23,24). The maximum absolute atomic E-state index is 12.7. The van der Waals surface area contributed by atoms with Gasteiger partial charge in [0, 0.05) is 25.3 Å². The maximum Gasteiger partial charge on any atom is 0.276 e. The van der Waals surface area contributed by atoms with E-state index in [9.17, 15) is 4.79 Å². The molecule has 0 aliphatic heterocycles. The quantitative estimate of drug-likeness (QED) is 0.698. The van der Waals surface area contributed by atoms with E-state index >= 15 is 0 Å². The second kappa shape index (κ2) is 8.80. The molecule has 0 atom stereocenters. The molecule has 0 unspecified atom stereocenters. The van der Waals surface area contributed by atoms with Gasteiger partial charge >= 0.3 is 0 Å². The number of nitrogens with one attached hydrogen (secondary N) is 1. The number of ether oxygens (including phenoxy) is 1. The summed E-state index contributed by atoms with van der Waals surface area (Å²) in [5.74, 6) is 1.29. The number of benzene rings is 2. The van der Waals surface area contributed by atoms with Gasteiger partial charge in [-0.2, -0.15) is 0 Å². The molecule has 1 aromatic heterocycles. The predicted octanol–water partition coefficient (Wildman–Crippen LogP) is 3.42. The number of amides is 1. The van der Waals surface area contributed by atoms with E-state index in [1.165, 1.54) is 6.33 Å². The molecule has 138 valence electrons. The average Bonchev–Trinajstić information content (AvgIpc) is 2.74. The number of hydrogen-bond acceptors (Lipinski definition) is 5. The van der Waals surface area contributed by atoms with Crippen LogP contribution >= 0.6 is 0 Å². The van der Waals surface area contributed by atoms with E-state index in [-0.39, 0.29) is 5.91 Å². The molecule has 0 bridgehead atoms. The monoisotopic (exact) mass is 362 g/mol. The van der Waals surface area contributed by atoms with E-state index in [0.29, 0.717) is 18.1 Å². The molecule has 1 N–H and O–H groups in total. The summed E-state index contributed by atoms with van der Waals surface area (Å²) >= 11 is 0. The molecule has 27 heavy (non-hydrogen) atoms. The minimum absolute atomic E-state index is 0.184. The van der Waals surface area contributed by atoms with Crippen LogP contribution in [0.25, 0.3) is 0 Å². The Morgan fingerprint density at radius 2 is 1.81 bits per heavy atom. The number of carbonyl (C=O) groups is 1. The van der Waals surface area contributed by atoms with Crippen LogP contribution < -0.4 is 15.0 Å². The largest absolute Gasteiger partial charge is 0.496 e. The molecule has 0 aliphatic carbocycles. The highest BCUT2D eigenvalue weighted by Gasteiger charge is 2.15. The molecule has 3 aromatic rings. The van der Waals surface area contributed by atoms with Gasteiger partial charge < -0.3 is 15.0 Å². The Morgan fingerprint density at radius 3 is 2.59 bits per heavy atom. The predicted molar refractivity (Wildman–Crippen MR) is 106 cm³/mol. The summed E-state index contributed by atoms with van der Waals surface area (Å²) in [5, 5.41) is 3.24. The van der Waals surface area contributed by atoms with Crippen LogP contribution in [0.3, 0.4) is 0 Å². The second-order valence-corrected chi connectivity index (χ2v) is 5.98. The number of aromatic nitrogens is 2. The first-order valence-electron chi connectivity index (χ1n) is 8.70. The van der Waals surface area contributed by atoms with Crippen molar-refractivity contribution in [3.8, 4) is 5.75 Å². The molecule has 0 fully saturated rings. The molecule has 0 saturated heterocycles. The summed E-state index contributed by atoms with van der Waals surface area (Å²) in [7, 11) is 3.40. The fraction of sp³-hybridized carbons (Fsp3) is 0.190. The first-order chi connectivity index (χ1) is 13.2. The molecule has 1 amide bonds. The summed E-state index contributed by atoms with van der Waals surface area (Å²) in [6, 6.07) is 19.0. The third-order valence-electron chi connectivity index (χ3n) is 4.23. The van der Waals surface area contributed by atoms with E-state index in [2.05, 4.69) is 15.3 Å². The number of para-hydroxylation sites is 2. The molecule has 3 rings (SSSR count). The fourth-order valence-corrected chi connectivity index (χ4v) is 2.75. The first kappa shape index (κ1) is 18.4. The third kappa shape index (κ3) is 4.61. The third-order valence-corrected chi connectivity index (χ3v) is 4.23. The molecular weight excluding hydrogens is 340 g/mol. The van der Waals surface area contributed by atoms with Gasteiger partial charge in [0.15, 0.2) is 0 Å². The van der Waals surface area contributed by atoms with Gasteiger partial charge in [-0.05, 0) is 30.2 Å². The van der Waals surface area contributed by atoms with Crippen molar-refractivity contribution >= 4 is 17.4 Å². The lowest BCUT2D eigenvalue weighted by atomic mass is 10.1. The summed E-state index contributed by atoms with van der Waals surface area (Å²) in [6.45, 7) is 0.666. The van der Waals surface area contributed by atoms with Gasteiger partial charge in [-0.3, -0.25) is 4.79 Å². The lowest BCUT2D eigenvalue weighted by molar-refractivity contribution is 0.0988. The van der Waals surface area contributed by atoms with E-state index in [4.69, 9.17) is 4.74 Å². The Labute approximate surface area is 158 Å². The SMILES string of the molecule is COc1ccccc1CCNc1cc(C(=O)N(C)c2ccccc2)ncn1. The molecule has 0 radical (unpaired) electrons. The van der Waals surface area contributed by atoms with Crippen LogP contribution in [0.15, 0.2) is 67.0 Å². The van der Waals surface area contributed by atoms with Gasteiger partial charge in [0.05, 0.1) is 7.11 Å². The zero-order chi connectivity index (χ0) is 19.1. The Morgan fingerprint density at radius 1 is 1.07 bits per heavy atom. The average molecular weight is 362 g/mol. The lowest BCUT2D eigenvalue weighted by Gasteiger charge is -2.17. The summed E-state index contributed by atoms with van der Waals surface area (Å²) in [4.78, 5) is 22.6. The van der Waals surface area contributed by atoms with Gasteiger partial charge in [0.1, 0.15) is 23.6 Å². The molecule has 6 nitrogen and oxygen atoms in total. The van der Waals surface area contributed by atoms with Crippen molar-refractivity contribution in [2.24, 2.45) is 0 Å². The molecule has 0 spiro atoms.